The molecule has 1 atom stereocenters. The van der Waals surface area contributed by atoms with Crippen molar-refractivity contribution >= 4 is 5.97 Å². The Morgan fingerprint density at radius 2 is 2.36 bits per heavy atom. The summed E-state index contributed by atoms with van der Waals surface area (Å²) in [5.41, 5.74) is 0. The molecule has 0 aliphatic carbocycles. The van der Waals surface area contributed by atoms with Gasteiger partial charge in [0, 0.05) is 13.2 Å². The summed E-state index contributed by atoms with van der Waals surface area (Å²) in [5, 5.41) is 0. The van der Waals surface area contributed by atoms with Gasteiger partial charge in [0.1, 0.15) is 6.61 Å². The van der Waals surface area contributed by atoms with Crippen LogP contribution in [0.15, 0.2) is 0 Å². The van der Waals surface area contributed by atoms with Crippen molar-refractivity contribution in [2.75, 3.05) is 26.4 Å². The highest BCUT2D eigenvalue weighted by Crippen LogP contribution is 2.15. The average Bonchev–Trinajstić information content (AvgIpc) is 2.65. The van der Waals surface area contributed by atoms with E-state index < -0.39 is 0 Å². The highest BCUT2D eigenvalue weighted by atomic mass is 16.6. The summed E-state index contributed by atoms with van der Waals surface area (Å²) in [6, 6.07) is 0. The van der Waals surface area contributed by atoms with Gasteiger partial charge in [0.05, 0.1) is 19.1 Å². The number of carbonyl (C=O) groups is 1. The average molecular weight is 202 g/mol. The lowest BCUT2D eigenvalue weighted by atomic mass is 10.2. The predicted molar refractivity (Wildman–Crippen MR) is 51.0 cm³/mol. The van der Waals surface area contributed by atoms with Gasteiger partial charge < -0.3 is 14.2 Å². The maximum absolute atomic E-state index is 11.2. The van der Waals surface area contributed by atoms with Gasteiger partial charge in [-0.15, -0.1) is 0 Å². The van der Waals surface area contributed by atoms with Crippen LogP contribution >= 0.6 is 0 Å². The minimum atomic E-state index is -0.184. The molecule has 0 bridgehead atoms. The van der Waals surface area contributed by atoms with Crippen LogP contribution in [0.5, 0.6) is 0 Å². The maximum atomic E-state index is 11.2. The van der Waals surface area contributed by atoms with Crippen LogP contribution in [0.4, 0.5) is 0 Å². The van der Waals surface area contributed by atoms with Crippen LogP contribution in [0.1, 0.15) is 26.2 Å². The number of rotatable bonds is 6. The summed E-state index contributed by atoms with van der Waals surface area (Å²) in [6.07, 6.45) is 2.48. The zero-order chi connectivity index (χ0) is 10.2. The van der Waals surface area contributed by atoms with E-state index in [0.29, 0.717) is 26.2 Å². The molecule has 1 heterocycles. The van der Waals surface area contributed by atoms with E-state index >= 15 is 0 Å². The monoisotopic (exact) mass is 202 g/mol. The molecule has 0 aromatic heterocycles. The molecule has 1 aliphatic heterocycles. The van der Waals surface area contributed by atoms with E-state index in [-0.39, 0.29) is 12.1 Å². The second kappa shape index (κ2) is 6.79. The van der Waals surface area contributed by atoms with Crippen molar-refractivity contribution in [1.82, 2.24) is 0 Å². The SMILES string of the molecule is CCOCCOC(=O)CC1CCCO1. The molecule has 0 amide bonds. The summed E-state index contributed by atoms with van der Waals surface area (Å²) in [5.74, 6) is -0.184. The van der Waals surface area contributed by atoms with Crippen LogP contribution in [0.25, 0.3) is 0 Å². The van der Waals surface area contributed by atoms with Crippen LogP contribution in [0.3, 0.4) is 0 Å². The first-order valence-corrected chi connectivity index (χ1v) is 5.18. The fraction of sp³-hybridized carbons (Fsp3) is 0.900. The molecule has 0 aromatic carbocycles. The summed E-state index contributed by atoms with van der Waals surface area (Å²) in [6.45, 7) is 4.17. The van der Waals surface area contributed by atoms with Crippen molar-refractivity contribution in [3.05, 3.63) is 0 Å². The smallest absolute Gasteiger partial charge is 0.308 e. The van der Waals surface area contributed by atoms with Gasteiger partial charge >= 0.3 is 5.97 Å². The van der Waals surface area contributed by atoms with Crippen LogP contribution in [-0.2, 0) is 19.0 Å². The number of hydrogen-bond donors (Lipinski definition) is 0. The predicted octanol–water partition coefficient (Wildman–Crippen LogP) is 1.14. The first-order chi connectivity index (χ1) is 6.83. The van der Waals surface area contributed by atoms with E-state index in [1.807, 2.05) is 6.92 Å². The minimum absolute atomic E-state index is 0.0783. The van der Waals surface area contributed by atoms with Gasteiger partial charge in [0.15, 0.2) is 0 Å². The Balaban J connectivity index is 1.98. The van der Waals surface area contributed by atoms with E-state index in [4.69, 9.17) is 14.2 Å². The van der Waals surface area contributed by atoms with E-state index in [0.717, 1.165) is 19.4 Å². The molecule has 1 unspecified atom stereocenters. The van der Waals surface area contributed by atoms with Crippen LogP contribution in [-0.4, -0.2) is 38.5 Å². The van der Waals surface area contributed by atoms with Crippen molar-refractivity contribution in [3.8, 4) is 0 Å². The highest BCUT2D eigenvalue weighted by Gasteiger charge is 2.19. The van der Waals surface area contributed by atoms with E-state index in [2.05, 4.69) is 0 Å². The first-order valence-electron chi connectivity index (χ1n) is 5.18. The third-order valence-corrected chi connectivity index (χ3v) is 2.11. The Morgan fingerprint density at radius 3 is 3.00 bits per heavy atom. The molecule has 1 fully saturated rings. The molecule has 0 radical (unpaired) electrons. The van der Waals surface area contributed by atoms with Crippen molar-refractivity contribution in [2.24, 2.45) is 0 Å². The Morgan fingerprint density at radius 1 is 1.50 bits per heavy atom. The third-order valence-electron chi connectivity index (χ3n) is 2.11. The molecule has 1 saturated heterocycles. The summed E-state index contributed by atoms with van der Waals surface area (Å²) < 4.78 is 15.3. The zero-order valence-corrected chi connectivity index (χ0v) is 8.66. The largest absolute Gasteiger partial charge is 0.463 e. The number of carbonyl (C=O) groups excluding carboxylic acids is 1. The molecule has 0 spiro atoms. The van der Waals surface area contributed by atoms with Crippen LogP contribution in [0.2, 0.25) is 0 Å². The molecular formula is C10H18O4. The van der Waals surface area contributed by atoms with Crippen molar-refractivity contribution < 1.29 is 19.0 Å². The second-order valence-electron chi connectivity index (χ2n) is 3.26. The third kappa shape index (κ3) is 4.58. The molecule has 82 valence electrons. The highest BCUT2D eigenvalue weighted by molar-refractivity contribution is 5.69. The number of ether oxygens (including phenoxy) is 3. The van der Waals surface area contributed by atoms with Crippen molar-refractivity contribution in [1.29, 1.82) is 0 Å². The van der Waals surface area contributed by atoms with Crippen molar-refractivity contribution in [3.63, 3.8) is 0 Å². The molecule has 4 heteroatoms. The molecule has 4 nitrogen and oxygen atoms in total. The normalized spacial score (nSPS) is 21.1. The Hall–Kier alpha value is -0.610. The van der Waals surface area contributed by atoms with Gasteiger partial charge in [-0.05, 0) is 19.8 Å². The zero-order valence-electron chi connectivity index (χ0n) is 8.66. The molecular weight excluding hydrogens is 184 g/mol. The molecule has 1 rings (SSSR count). The molecule has 1 aliphatic rings. The first kappa shape index (κ1) is 11.5. The second-order valence-corrected chi connectivity index (χ2v) is 3.26. The molecule has 0 saturated carbocycles. The molecule has 14 heavy (non-hydrogen) atoms. The number of hydrogen-bond acceptors (Lipinski definition) is 4. The quantitative estimate of drug-likeness (QED) is 0.478. The van der Waals surface area contributed by atoms with Crippen molar-refractivity contribution in [2.45, 2.75) is 32.3 Å². The lowest BCUT2D eigenvalue weighted by molar-refractivity contribution is -0.147. The summed E-state index contributed by atoms with van der Waals surface area (Å²) in [7, 11) is 0. The minimum Gasteiger partial charge on any atom is -0.463 e. The molecule has 0 aromatic rings. The lowest BCUT2D eigenvalue weighted by Gasteiger charge is -2.08. The molecule has 0 N–H and O–H groups in total. The fourth-order valence-corrected chi connectivity index (χ4v) is 1.41. The van der Waals surface area contributed by atoms with E-state index in [1.165, 1.54) is 0 Å². The summed E-state index contributed by atoms with van der Waals surface area (Å²) in [4.78, 5) is 11.2. The lowest BCUT2D eigenvalue weighted by Crippen LogP contribution is -2.17. The number of esters is 1. The standard InChI is InChI=1S/C10H18O4/c1-2-12-6-7-14-10(11)8-9-4-3-5-13-9/h9H,2-8H2,1H3. The van der Waals surface area contributed by atoms with Gasteiger partial charge in [-0.1, -0.05) is 0 Å². The van der Waals surface area contributed by atoms with E-state index in [9.17, 15) is 4.79 Å². The summed E-state index contributed by atoms with van der Waals surface area (Å²) >= 11 is 0. The Labute approximate surface area is 84.5 Å². The Bertz CT molecular complexity index is 164. The van der Waals surface area contributed by atoms with Crippen LogP contribution < -0.4 is 0 Å². The fourth-order valence-electron chi connectivity index (χ4n) is 1.41. The van der Waals surface area contributed by atoms with E-state index in [1.54, 1.807) is 0 Å². The van der Waals surface area contributed by atoms with Gasteiger partial charge in [-0.3, -0.25) is 4.79 Å². The van der Waals surface area contributed by atoms with Gasteiger partial charge in [-0.2, -0.15) is 0 Å². The maximum Gasteiger partial charge on any atom is 0.308 e. The van der Waals surface area contributed by atoms with Crippen LogP contribution in [0, 0.1) is 0 Å². The van der Waals surface area contributed by atoms with Gasteiger partial charge in [0.2, 0.25) is 0 Å². The van der Waals surface area contributed by atoms with Gasteiger partial charge in [-0.25, -0.2) is 0 Å². The topological polar surface area (TPSA) is 44.8 Å². The Kier molecular flexibility index (Phi) is 5.56. The van der Waals surface area contributed by atoms with Gasteiger partial charge in [0.25, 0.3) is 0 Å².